The van der Waals surface area contributed by atoms with Gasteiger partial charge in [0.2, 0.25) is 0 Å². The largest absolute Gasteiger partial charge is 0.496 e. The van der Waals surface area contributed by atoms with Gasteiger partial charge in [-0.1, -0.05) is 11.8 Å². The minimum absolute atomic E-state index is 0.234. The molecule has 1 fully saturated rings. The number of nitrogens with zero attached hydrogens (tertiary/aromatic N) is 3. The number of pyridine rings is 1. The second-order valence-corrected chi connectivity index (χ2v) is 7.73. The highest BCUT2D eigenvalue weighted by atomic mass is 32.2. The molecule has 1 aromatic carbocycles. The van der Waals surface area contributed by atoms with Crippen molar-refractivity contribution in [3.63, 3.8) is 0 Å². The van der Waals surface area contributed by atoms with Gasteiger partial charge in [-0.25, -0.2) is 9.37 Å². The summed E-state index contributed by atoms with van der Waals surface area (Å²) in [5.41, 5.74) is 3.81. The molecule has 0 aliphatic carbocycles. The smallest absolute Gasteiger partial charge is 0.166 e. The van der Waals surface area contributed by atoms with E-state index in [-0.39, 0.29) is 11.6 Å². The van der Waals surface area contributed by atoms with Gasteiger partial charge in [-0.3, -0.25) is 9.78 Å². The predicted molar refractivity (Wildman–Crippen MR) is 108 cm³/mol. The van der Waals surface area contributed by atoms with Crippen LogP contribution in [0.4, 0.5) is 10.1 Å². The second-order valence-electron chi connectivity index (χ2n) is 6.76. The van der Waals surface area contributed by atoms with E-state index in [9.17, 15) is 9.18 Å². The maximum atomic E-state index is 14.6. The van der Waals surface area contributed by atoms with Crippen LogP contribution in [0.1, 0.15) is 24.1 Å². The van der Waals surface area contributed by atoms with Gasteiger partial charge >= 0.3 is 0 Å². The van der Waals surface area contributed by atoms with Crippen LogP contribution < -0.4 is 9.64 Å². The number of carbonyl (C=O) groups is 1. The number of anilines is 1. The van der Waals surface area contributed by atoms with E-state index < -0.39 is 0 Å². The van der Waals surface area contributed by atoms with Gasteiger partial charge in [0.05, 0.1) is 29.5 Å². The summed E-state index contributed by atoms with van der Waals surface area (Å²) >= 11 is 1.51. The van der Waals surface area contributed by atoms with Crippen LogP contribution in [0.2, 0.25) is 0 Å². The van der Waals surface area contributed by atoms with Gasteiger partial charge in [-0.15, -0.1) is 0 Å². The van der Waals surface area contributed by atoms with E-state index in [1.807, 2.05) is 17.9 Å². The van der Waals surface area contributed by atoms with E-state index in [1.165, 1.54) is 17.8 Å². The van der Waals surface area contributed by atoms with Crippen molar-refractivity contribution in [1.82, 2.24) is 15.0 Å². The molecule has 28 heavy (non-hydrogen) atoms. The summed E-state index contributed by atoms with van der Waals surface area (Å²) in [7, 11) is 1.64. The number of methoxy groups -OCH3 is 1. The van der Waals surface area contributed by atoms with Crippen molar-refractivity contribution in [2.45, 2.75) is 30.7 Å². The lowest BCUT2D eigenvalue weighted by Gasteiger charge is -2.28. The number of piperidine rings is 1. The number of halogens is 1. The van der Waals surface area contributed by atoms with E-state index in [4.69, 9.17) is 4.74 Å². The second kappa shape index (κ2) is 7.79. The van der Waals surface area contributed by atoms with Gasteiger partial charge < -0.3 is 14.6 Å². The Morgan fingerprint density at radius 1 is 1.32 bits per heavy atom. The molecule has 3 heterocycles. The number of thioether (sulfide) groups is 1. The topological polar surface area (TPSA) is 71.1 Å². The van der Waals surface area contributed by atoms with Gasteiger partial charge in [-0.05, 0) is 19.1 Å². The summed E-state index contributed by atoms with van der Waals surface area (Å²) in [5.74, 6) is 1.37. The van der Waals surface area contributed by atoms with E-state index >= 15 is 0 Å². The normalized spacial score (nSPS) is 14.7. The van der Waals surface area contributed by atoms with Crippen LogP contribution in [0.25, 0.3) is 11.0 Å². The van der Waals surface area contributed by atoms with Crippen molar-refractivity contribution >= 4 is 34.3 Å². The van der Waals surface area contributed by atoms with Crippen molar-refractivity contribution in [2.75, 3.05) is 25.1 Å². The highest BCUT2D eigenvalue weighted by molar-refractivity contribution is 7.98. The number of hydrogen-bond donors (Lipinski definition) is 1. The Bertz CT molecular complexity index is 1030. The fourth-order valence-corrected chi connectivity index (χ4v) is 4.28. The third kappa shape index (κ3) is 3.69. The highest BCUT2D eigenvalue weighted by Crippen LogP contribution is 2.30. The molecule has 3 aromatic rings. The fourth-order valence-electron chi connectivity index (χ4n) is 3.37. The van der Waals surface area contributed by atoms with Crippen molar-refractivity contribution in [2.24, 2.45) is 0 Å². The third-order valence-corrected chi connectivity index (χ3v) is 5.90. The van der Waals surface area contributed by atoms with Crippen LogP contribution in [0.5, 0.6) is 5.75 Å². The van der Waals surface area contributed by atoms with Gasteiger partial charge in [0.25, 0.3) is 0 Å². The number of aromatic amines is 1. The van der Waals surface area contributed by atoms with E-state index in [0.29, 0.717) is 53.6 Å². The van der Waals surface area contributed by atoms with Crippen LogP contribution in [0.3, 0.4) is 0 Å². The fraction of sp³-hybridized carbons (Fsp3) is 0.350. The summed E-state index contributed by atoms with van der Waals surface area (Å²) in [6.45, 7) is 3.08. The van der Waals surface area contributed by atoms with Crippen molar-refractivity contribution in [3.05, 3.63) is 41.5 Å². The molecule has 0 unspecified atom stereocenters. The number of rotatable bonds is 5. The van der Waals surface area contributed by atoms with Crippen LogP contribution >= 0.6 is 11.8 Å². The van der Waals surface area contributed by atoms with E-state index in [1.54, 1.807) is 19.4 Å². The number of carbonyl (C=O) groups excluding carboxylic acids is 1. The molecule has 1 aliphatic heterocycles. The molecular formula is C20H21FN4O2S. The lowest BCUT2D eigenvalue weighted by molar-refractivity contribution is -0.119. The molecule has 1 aliphatic rings. The van der Waals surface area contributed by atoms with Crippen molar-refractivity contribution in [3.8, 4) is 5.75 Å². The monoisotopic (exact) mass is 400 g/mol. The first-order chi connectivity index (χ1) is 13.5. The first-order valence-electron chi connectivity index (χ1n) is 9.12. The Labute approximate surface area is 166 Å². The lowest BCUT2D eigenvalue weighted by atomic mass is 10.1. The Morgan fingerprint density at radius 3 is 2.86 bits per heavy atom. The predicted octanol–water partition coefficient (Wildman–Crippen LogP) is 3.88. The standard InChI is InChI=1S/C20H21FN4O2S/c1-12-17(22-6-3-19(12)27-2)11-28-20-23-15-9-14(21)18(10-16(15)24-20)25-7-4-13(26)5-8-25/h3,6,9-10H,4-5,7-8,11H2,1-2H3,(H,23,24). The maximum Gasteiger partial charge on any atom is 0.166 e. The maximum absolute atomic E-state index is 14.6. The third-order valence-electron chi connectivity index (χ3n) is 5.01. The Balaban J connectivity index is 1.54. The number of hydrogen-bond acceptors (Lipinski definition) is 6. The van der Waals surface area contributed by atoms with Gasteiger partial charge in [0, 0.05) is 49.5 Å². The molecule has 8 heteroatoms. The summed E-state index contributed by atoms with van der Waals surface area (Å²) in [6.07, 6.45) is 2.66. The number of H-pyrrole nitrogens is 1. The number of imidazole rings is 1. The molecule has 6 nitrogen and oxygen atoms in total. The molecule has 146 valence electrons. The van der Waals surface area contributed by atoms with Crippen molar-refractivity contribution in [1.29, 1.82) is 0 Å². The zero-order chi connectivity index (χ0) is 19.7. The average molecular weight is 400 g/mol. The van der Waals surface area contributed by atoms with Gasteiger partial charge in [0.15, 0.2) is 5.16 Å². The molecule has 4 rings (SSSR count). The Hall–Kier alpha value is -2.61. The number of ether oxygens (including phenoxy) is 1. The number of fused-ring (bicyclic) bond motifs is 1. The SMILES string of the molecule is COc1ccnc(CSc2nc3cc(N4CCC(=O)CC4)c(F)cc3[nH]2)c1C. The molecule has 1 saturated heterocycles. The molecule has 0 spiro atoms. The summed E-state index contributed by atoms with van der Waals surface area (Å²) in [6, 6.07) is 5.08. The zero-order valence-electron chi connectivity index (χ0n) is 15.8. The lowest BCUT2D eigenvalue weighted by Crippen LogP contribution is -2.34. The summed E-state index contributed by atoms with van der Waals surface area (Å²) in [5, 5.41) is 0.712. The van der Waals surface area contributed by atoms with Gasteiger partial charge in [-0.2, -0.15) is 0 Å². The number of ketones is 1. The average Bonchev–Trinajstić information content (AvgIpc) is 3.09. The number of benzene rings is 1. The van der Waals surface area contributed by atoms with Gasteiger partial charge in [0.1, 0.15) is 17.3 Å². The molecule has 0 radical (unpaired) electrons. The zero-order valence-corrected chi connectivity index (χ0v) is 16.6. The molecule has 0 amide bonds. The Kier molecular flexibility index (Phi) is 5.21. The molecule has 0 bridgehead atoms. The number of nitrogens with one attached hydrogen (secondary N) is 1. The molecule has 0 atom stereocenters. The summed E-state index contributed by atoms with van der Waals surface area (Å²) in [4.78, 5) is 25.5. The minimum atomic E-state index is -0.299. The minimum Gasteiger partial charge on any atom is -0.496 e. The first kappa shape index (κ1) is 18.7. The molecule has 0 saturated carbocycles. The summed E-state index contributed by atoms with van der Waals surface area (Å²) < 4.78 is 19.9. The van der Waals surface area contributed by atoms with Crippen LogP contribution in [0, 0.1) is 12.7 Å². The van der Waals surface area contributed by atoms with E-state index in [2.05, 4.69) is 15.0 Å². The number of Topliss-reactive ketones (excluding diaryl/α,β-unsaturated/α-hetero) is 1. The molecular weight excluding hydrogens is 379 g/mol. The van der Waals surface area contributed by atoms with Crippen LogP contribution in [-0.2, 0) is 10.5 Å². The van der Waals surface area contributed by atoms with Crippen LogP contribution in [0.15, 0.2) is 29.6 Å². The Morgan fingerprint density at radius 2 is 2.11 bits per heavy atom. The van der Waals surface area contributed by atoms with Crippen molar-refractivity contribution < 1.29 is 13.9 Å². The van der Waals surface area contributed by atoms with Crippen LogP contribution in [-0.4, -0.2) is 40.9 Å². The molecule has 1 N–H and O–H groups in total. The molecule has 2 aromatic heterocycles. The highest BCUT2D eigenvalue weighted by Gasteiger charge is 2.20. The number of aromatic nitrogens is 3. The first-order valence-corrected chi connectivity index (χ1v) is 10.1. The quantitative estimate of drug-likeness (QED) is 0.656. The van der Waals surface area contributed by atoms with E-state index in [0.717, 1.165) is 17.0 Å².